The van der Waals surface area contributed by atoms with E-state index in [9.17, 15) is 5.11 Å². The Morgan fingerprint density at radius 1 is 1.09 bits per heavy atom. The van der Waals surface area contributed by atoms with Crippen molar-refractivity contribution < 1.29 is 9.84 Å². The Balaban J connectivity index is 1.30. The van der Waals surface area contributed by atoms with Gasteiger partial charge in [0.15, 0.2) is 0 Å². The molecule has 0 unspecified atom stereocenters. The van der Waals surface area contributed by atoms with Crippen molar-refractivity contribution in [2.75, 3.05) is 19.6 Å². The molecule has 33 heavy (non-hydrogen) atoms. The number of halogens is 2. The summed E-state index contributed by atoms with van der Waals surface area (Å²) in [6.07, 6.45) is 6.49. The highest BCUT2D eigenvalue weighted by atomic mass is 79.9. The SMILES string of the molecule is OC1(c2ccc(Cl)cc2)CCN(CC/C=C2/c3cc(Br)ccc3OCc3ncccc32)CC1. The minimum atomic E-state index is -0.770. The van der Waals surface area contributed by atoms with E-state index >= 15 is 0 Å². The second kappa shape index (κ2) is 9.59. The van der Waals surface area contributed by atoms with E-state index in [4.69, 9.17) is 16.3 Å². The second-order valence-corrected chi connectivity index (χ2v) is 10.1. The molecule has 4 nitrogen and oxygen atoms in total. The van der Waals surface area contributed by atoms with Crippen molar-refractivity contribution >= 4 is 33.1 Å². The van der Waals surface area contributed by atoms with E-state index in [0.717, 1.165) is 71.5 Å². The van der Waals surface area contributed by atoms with Crippen LogP contribution >= 0.6 is 27.5 Å². The molecule has 2 aliphatic rings. The normalized spacial score (nSPS) is 18.8. The number of ether oxygens (including phenoxy) is 1. The molecule has 0 radical (unpaired) electrons. The fraction of sp³-hybridized carbons (Fsp3) is 0.296. The Kier molecular flexibility index (Phi) is 6.57. The summed E-state index contributed by atoms with van der Waals surface area (Å²) >= 11 is 9.62. The maximum absolute atomic E-state index is 11.1. The van der Waals surface area contributed by atoms with Crippen molar-refractivity contribution in [3.05, 3.63) is 98.7 Å². The lowest BCUT2D eigenvalue weighted by molar-refractivity contribution is -0.0254. The Labute approximate surface area is 208 Å². The predicted octanol–water partition coefficient (Wildman–Crippen LogP) is 6.20. The highest BCUT2D eigenvalue weighted by Gasteiger charge is 2.33. The van der Waals surface area contributed by atoms with E-state index in [-0.39, 0.29) is 0 Å². The molecule has 0 aliphatic carbocycles. The third-order valence-electron chi connectivity index (χ3n) is 6.64. The molecule has 2 aliphatic heterocycles. The van der Waals surface area contributed by atoms with Gasteiger partial charge in [0.05, 0.1) is 11.3 Å². The molecule has 6 heteroatoms. The van der Waals surface area contributed by atoms with Crippen molar-refractivity contribution in [1.82, 2.24) is 9.88 Å². The molecule has 2 aromatic carbocycles. The number of benzene rings is 2. The highest BCUT2D eigenvalue weighted by Crippen LogP contribution is 2.38. The highest BCUT2D eigenvalue weighted by molar-refractivity contribution is 9.10. The molecule has 170 valence electrons. The van der Waals surface area contributed by atoms with Gasteiger partial charge in [0, 0.05) is 46.5 Å². The fourth-order valence-electron chi connectivity index (χ4n) is 4.73. The lowest BCUT2D eigenvalue weighted by atomic mass is 9.84. The van der Waals surface area contributed by atoms with Gasteiger partial charge in [0.25, 0.3) is 0 Å². The molecule has 0 bridgehead atoms. The number of rotatable bonds is 4. The van der Waals surface area contributed by atoms with Gasteiger partial charge < -0.3 is 14.7 Å². The Morgan fingerprint density at radius 3 is 2.67 bits per heavy atom. The third kappa shape index (κ3) is 4.87. The van der Waals surface area contributed by atoms with Crippen molar-refractivity contribution in [3.8, 4) is 5.75 Å². The summed E-state index contributed by atoms with van der Waals surface area (Å²) in [6.45, 7) is 3.15. The smallest absolute Gasteiger partial charge is 0.131 e. The molecule has 0 atom stereocenters. The molecular formula is C27H26BrClN2O2. The van der Waals surface area contributed by atoms with Gasteiger partial charge in [-0.25, -0.2) is 0 Å². The van der Waals surface area contributed by atoms with E-state index in [0.29, 0.717) is 11.6 Å². The molecule has 0 amide bonds. The van der Waals surface area contributed by atoms with E-state index in [1.807, 2.05) is 48.7 Å². The zero-order chi connectivity index (χ0) is 22.8. The van der Waals surface area contributed by atoms with Crippen LogP contribution in [-0.4, -0.2) is 34.6 Å². The zero-order valence-electron chi connectivity index (χ0n) is 18.3. The van der Waals surface area contributed by atoms with Crippen LogP contribution in [0, 0.1) is 0 Å². The molecule has 0 spiro atoms. The summed E-state index contributed by atoms with van der Waals surface area (Å²) in [7, 11) is 0. The molecule has 1 N–H and O–H groups in total. The van der Waals surface area contributed by atoms with E-state index < -0.39 is 5.60 Å². The number of hydrogen-bond acceptors (Lipinski definition) is 4. The van der Waals surface area contributed by atoms with Gasteiger partial charge in [0.1, 0.15) is 12.4 Å². The number of fused-ring (bicyclic) bond motifs is 2. The van der Waals surface area contributed by atoms with Gasteiger partial charge in [-0.05, 0) is 66.8 Å². The van der Waals surface area contributed by atoms with Crippen LogP contribution in [0.4, 0.5) is 0 Å². The molecular weight excluding hydrogens is 500 g/mol. The average Bonchev–Trinajstić information content (AvgIpc) is 2.98. The monoisotopic (exact) mass is 524 g/mol. The van der Waals surface area contributed by atoms with Crippen LogP contribution in [0.5, 0.6) is 5.75 Å². The molecule has 3 aromatic rings. The summed E-state index contributed by atoms with van der Waals surface area (Å²) in [6, 6.07) is 17.8. The standard InChI is InChI=1S/C27H26BrClN2O2/c28-20-7-10-26-24(17-20)22(23-3-1-13-30-25(23)18-33-26)4-2-14-31-15-11-27(32,12-16-31)19-5-8-21(29)9-6-19/h1,3-10,13,17,32H,2,11-12,14-16,18H2/b22-4+. The van der Waals surface area contributed by atoms with Crippen LogP contribution in [0.3, 0.4) is 0 Å². The van der Waals surface area contributed by atoms with Crippen LogP contribution in [-0.2, 0) is 12.2 Å². The minimum Gasteiger partial charge on any atom is -0.487 e. The van der Waals surface area contributed by atoms with Crippen LogP contribution < -0.4 is 4.74 Å². The maximum Gasteiger partial charge on any atom is 0.131 e. The summed E-state index contributed by atoms with van der Waals surface area (Å²) in [4.78, 5) is 6.99. The summed E-state index contributed by atoms with van der Waals surface area (Å²) in [5, 5.41) is 11.8. The predicted molar refractivity (Wildman–Crippen MR) is 135 cm³/mol. The number of aliphatic hydroxyl groups is 1. The van der Waals surface area contributed by atoms with Crippen LogP contribution in [0.2, 0.25) is 5.02 Å². The molecule has 1 saturated heterocycles. The largest absolute Gasteiger partial charge is 0.487 e. The van der Waals surface area contributed by atoms with Gasteiger partial charge in [-0.15, -0.1) is 0 Å². The molecule has 0 saturated carbocycles. The van der Waals surface area contributed by atoms with Crippen LogP contribution in [0.1, 0.15) is 41.6 Å². The van der Waals surface area contributed by atoms with Crippen molar-refractivity contribution in [2.45, 2.75) is 31.5 Å². The number of nitrogens with zero attached hydrogens (tertiary/aromatic N) is 2. The summed E-state index contributed by atoms with van der Waals surface area (Å²) in [5.41, 5.74) is 4.53. The quantitative estimate of drug-likeness (QED) is 0.441. The second-order valence-electron chi connectivity index (χ2n) is 8.71. The van der Waals surface area contributed by atoms with Crippen molar-refractivity contribution in [1.29, 1.82) is 0 Å². The van der Waals surface area contributed by atoms with Crippen molar-refractivity contribution in [3.63, 3.8) is 0 Å². The Hall–Kier alpha value is -2.18. The summed E-state index contributed by atoms with van der Waals surface area (Å²) in [5.74, 6) is 0.883. The third-order valence-corrected chi connectivity index (χ3v) is 7.38. The number of piperidine rings is 1. The molecule has 3 heterocycles. The fourth-order valence-corrected chi connectivity index (χ4v) is 5.22. The molecule has 1 fully saturated rings. The topological polar surface area (TPSA) is 45.6 Å². The van der Waals surface area contributed by atoms with Crippen LogP contribution in [0.15, 0.2) is 71.3 Å². The Bertz CT molecular complexity index is 1170. The number of aromatic nitrogens is 1. The first-order valence-electron chi connectivity index (χ1n) is 11.3. The van der Waals surface area contributed by atoms with E-state index in [2.05, 4.69) is 44.0 Å². The average molecular weight is 526 g/mol. The van der Waals surface area contributed by atoms with E-state index in [1.165, 1.54) is 5.57 Å². The van der Waals surface area contributed by atoms with Gasteiger partial charge >= 0.3 is 0 Å². The minimum absolute atomic E-state index is 0.470. The Morgan fingerprint density at radius 2 is 1.88 bits per heavy atom. The van der Waals surface area contributed by atoms with Crippen LogP contribution in [0.25, 0.3) is 5.57 Å². The van der Waals surface area contributed by atoms with E-state index in [1.54, 1.807) is 0 Å². The van der Waals surface area contributed by atoms with Crippen molar-refractivity contribution in [2.24, 2.45) is 0 Å². The first-order valence-corrected chi connectivity index (χ1v) is 12.5. The number of pyridine rings is 1. The van der Waals surface area contributed by atoms with Gasteiger partial charge in [-0.2, -0.15) is 0 Å². The zero-order valence-corrected chi connectivity index (χ0v) is 20.6. The lowest BCUT2D eigenvalue weighted by Gasteiger charge is -2.38. The first-order chi connectivity index (χ1) is 16.0. The maximum atomic E-state index is 11.1. The number of hydrogen-bond donors (Lipinski definition) is 1. The van der Waals surface area contributed by atoms with Gasteiger partial charge in [-0.3, -0.25) is 4.98 Å². The van der Waals surface area contributed by atoms with Gasteiger partial charge in [-0.1, -0.05) is 51.8 Å². The molecule has 1 aromatic heterocycles. The molecule has 5 rings (SSSR count). The number of likely N-dealkylation sites (tertiary alicyclic amines) is 1. The first kappa shape index (κ1) is 22.6. The summed E-state index contributed by atoms with van der Waals surface area (Å²) < 4.78 is 7.09. The lowest BCUT2D eigenvalue weighted by Crippen LogP contribution is -2.42. The van der Waals surface area contributed by atoms with Gasteiger partial charge in [0.2, 0.25) is 0 Å².